The largest absolute Gasteiger partial charge is 0.456 e. The van der Waals surface area contributed by atoms with E-state index < -0.39 is 0 Å². The third-order valence-corrected chi connectivity index (χ3v) is 11.1. The summed E-state index contributed by atoms with van der Waals surface area (Å²) in [7, 11) is 0. The first-order chi connectivity index (χ1) is 27.3. The third kappa shape index (κ3) is 4.41. The van der Waals surface area contributed by atoms with Crippen LogP contribution < -0.4 is 0 Å². The van der Waals surface area contributed by atoms with Crippen LogP contribution in [0, 0.1) is 0 Å². The molecule has 4 heterocycles. The second kappa shape index (κ2) is 11.5. The first-order valence-electron chi connectivity index (χ1n) is 18.6. The van der Waals surface area contributed by atoms with Crippen molar-refractivity contribution in [1.82, 2.24) is 19.1 Å². The van der Waals surface area contributed by atoms with Gasteiger partial charge in [-0.1, -0.05) is 115 Å². The molecule has 0 fully saturated rings. The van der Waals surface area contributed by atoms with Gasteiger partial charge in [0.15, 0.2) is 0 Å². The molecular formula is C50H30N4O. The van der Waals surface area contributed by atoms with E-state index >= 15 is 0 Å². The Morgan fingerprint density at radius 1 is 0.364 bits per heavy atom. The van der Waals surface area contributed by atoms with Crippen molar-refractivity contribution in [1.29, 1.82) is 0 Å². The summed E-state index contributed by atoms with van der Waals surface area (Å²) in [6.07, 6.45) is 0. The number of nitrogens with zero attached hydrogens (tertiary/aromatic N) is 4. The van der Waals surface area contributed by atoms with Crippen molar-refractivity contribution in [3.05, 3.63) is 182 Å². The average molecular weight is 703 g/mol. The van der Waals surface area contributed by atoms with Gasteiger partial charge in [0.05, 0.1) is 38.7 Å². The van der Waals surface area contributed by atoms with Gasteiger partial charge < -0.3 is 8.98 Å². The van der Waals surface area contributed by atoms with Crippen molar-refractivity contribution in [2.45, 2.75) is 0 Å². The summed E-state index contributed by atoms with van der Waals surface area (Å²) in [5, 5.41) is 7.80. The maximum absolute atomic E-state index is 6.34. The maximum atomic E-state index is 6.34. The van der Waals surface area contributed by atoms with Crippen molar-refractivity contribution in [3.63, 3.8) is 0 Å². The monoisotopic (exact) mass is 702 g/mol. The zero-order valence-corrected chi connectivity index (χ0v) is 29.5. The molecule has 0 bridgehead atoms. The van der Waals surface area contributed by atoms with Crippen molar-refractivity contribution >= 4 is 76.5 Å². The van der Waals surface area contributed by atoms with E-state index in [2.05, 4.69) is 167 Å². The van der Waals surface area contributed by atoms with Crippen LogP contribution in [-0.2, 0) is 0 Å². The highest BCUT2D eigenvalue weighted by atomic mass is 16.3. The molecule has 12 rings (SSSR count). The molecular weight excluding hydrogens is 673 g/mol. The molecule has 0 saturated carbocycles. The van der Waals surface area contributed by atoms with Gasteiger partial charge in [0.25, 0.3) is 0 Å². The van der Waals surface area contributed by atoms with Gasteiger partial charge in [-0.3, -0.25) is 4.57 Å². The van der Waals surface area contributed by atoms with Crippen LogP contribution in [0.15, 0.2) is 186 Å². The molecule has 5 heteroatoms. The van der Waals surface area contributed by atoms with Crippen molar-refractivity contribution < 1.29 is 4.42 Å². The number of para-hydroxylation sites is 4. The summed E-state index contributed by atoms with van der Waals surface area (Å²) >= 11 is 0. The standard InChI is InChI=1S/C50H30N4O/c1-3-13-31(14-4-1)48-38-25-28-46-47(37-19-9-12-22-45(37)55-46)49(38)52-50(51-48)54-42-21-11-8-18-36(42)40-30-33(24-27-44(40)54)32-23-26-43-39(29-32)35-17-7-10-20-41(35)53(43)34-15-5-2-6-16-34/h1-30H. The normalized spacial score (nSPS) is 12.0. The Bertz CT molecular complexity index is 3480. The average Bonchev–Trinajstić information content (AvgIpc) is 3.91. The number of benzene rings is 8. The van der Waals surface area contributed by atoms with E-state index in [9.17, 15) is 0 Å². The quantitative estimate of drug-likeness (QED) is 0.183. The highest BCUT2D eigenvalue weighted by molar-refractivity contribution is 6.19. The second-order valence-corrected chi connectivity index (χ2v) is 14.2. The summed E-state index contributed by atoms with van der Waals surface area (Å²) in [6.45, 7) is 0. The van der Waals surface area contributed by atoms with Gasteiger partial charge in [-0.15, -0.1) is 0 Å². The van der Waals surface area contributed by atoms with E-state index in [0.717, 1.165) is 77.2 Å². The Labute approximate surface area is 315 Å². The van der Waals surface area contributed by atoms with Crippen LogP contribution in [0.2, 0.25) is 0 Å². The van der Waals surface area contributed by atoms with Crippen LogP contribution in [0.4, 0.5) is 0 Å². The highest BCUT2D eigenvalue weighted by Gasteiger charge is 2.21. The number of rotatable bonds is 4. The van der Waals surface area contributed by atoms with Crippen LogP contribution in [0.25, 0.3) is 110 Å². The fourth-order valence-corrected chi connectivity index (χ4v) is 8.68. The minimum Gasteiger partial charge on any atom is -0.456 e. The molecule has 0 spiro atoms. The topological polar surface area (TPSA) is 48.8 Å². The van der Waals surface area contributed by atoms with E-state index in [1.54, 1.807) is 0 Å². The molecule has 0 aliphatic carbocycles. The molecule has 0 N–H and O–H groups in total. The second-order valence-electron chi connectivity index (χ2n) is 14.2. The van der Waals surface area contributed by atoms with Gasteiger partial charge in [-0.25, -0.2) is 9.97 Å². The van der Waals surface area contributed by atoms with Gasteiger partial charge in [0.2, 0.25) is 5.95 Å². The lowest BCUT2D eigenvalue weighted by atomic mass is 10.0. The fraction of sp³-hybridized carbons (Fsp3) is 0. The Kier molecular flexibility index (Phi) is 6.27. The van der Waals surface area contributed by atoms with E-state index in [0.29, 0.717) is 5.95 Å². The number of aromatic nitrogens is 4. The molecule has 55 heavy (non-hydrogen) atoms. The molecule has 8 aromatic carbocycles. The maximum Gasteiger partial charge on any atom is 0.235 e. The lowest BCUT2D eigenvalue weighted by Crippen LogP contribution is -2.03. The van der Waals surface area contributed by atoms with Crippen molar-refractivity contribution in [3.8, 4) is 34.0 Å². The molecule has 0 unspecified atom stereocenters. The van der Waals surface area contributed by atoms with Crippen molar-refractivity contribution in [2.75, 3.05) is 0 Å². The lowest BCUT2D eigenvalue weighted by Gasteiger charge is -2.12. The molecule has 0 saturated heterocycles. The van der Waals surface area contributed by atoms with Gasteiger partial charge in [-0.2, -0.15) is 0 Å². The Morgan fingerprint density at radius 3 is 1.64 bits per heavy atom. The highest BCUT2D eigenvalue weighted by Crippen LogP contribution is 2.41. The van der Waals surface area contributed by atoms with Gasteiger partial charge in [-0.05, 0) is 77.9 Å². The van der Waals surface area contributed by atoms with Crippen LogP contribution in [0.3, 0.4) is 0 Å². The van der Waals surface area contributed by atoms with Crippen LogP contribution in [0.5, 0.6) is 0 Å². The van der Waals surface area contributed by atoms with Crippen LogP contribution in [-0.4, -0.2) is 19.1 Å². The van der Waals surface area contributed by atoms with Crippen LogP contribution >= 0.6 is 0 Å². The van der Waals surface area contributed by atoms with E-state index in [4.69, 9.17) is 14.4 Å². The summed E-state index contributed by atoms with van der Waals surface area (Å²) < 4.78 is 10.9. The van der Waals surface area contributed by atoms with E-state index in [1.165, 1.54) is 27.4 Å². The first-order valence-corrected chi connectivity index (χ1v) is 18.6. The third-order valence-electron chi connectivity index (χ3n) is 11.1. The summed E-state index contributed by atoms with van der Waals surface area (Å²) in [6, 6.07) is 64.3. The molecule has 0 aliphatic heterocycles. The lowest BCUT2D eigenvalue weighted by molar-refractivity contribution is 0.669. The smallest absolute Gasteiger partial charge is 0.235 e. The summed E-state index contributed by atoms with van der Waals surface area (Å²) in [5.41, 5.74) is 12.4. The van der Waals surface area contributed by atoms with Crippen molar-refractivity contribution in [2.24, 2.45) is 0 Å². The number of hydrogen-bond donors (Lipinski definition) is 0. The Hall–Kier alpha value is -7.50. The minimum absolute atomic E-state index is 0.623. The predicted octanol–water partition coefficient (Wildman–Crippen LogP) is 13.1. The SMILES string of the molecule is c1ccc(-c2nc(-n3c4ccccc4c4cc(-c5ccc6c(c5)c5ccccc5n6-c5ccccc5)ccc43)nc3c2ccc2oc4ccccc4c23)cc1. The molecule has 256 valence electrons. The molecule has 0 atom stereocenters. The summed E-state index contributed by atoms with van der Waals surface area (Å²) in [4.78, 5) is 10.8. The molecule has 5 nitrogen and oxygen atoms in total. The zero-order valence-electron chi connectivity index (χ0n) is 29.5. The number of fused-ring (bicyclic) bond motifs is 11. The predicted molar refractivity (Wildman–Crippen MR) is 226 cm³/mol. The molecule has 0 radical (unpaired) electrons. The first kappa shape index (κ1) is 30.0. The summed E-state index contributed by atoms with van der Waals surface area (Å²) in [5.74, 6) is 0.623. The molecule has 0 aliphatic rings. The van der Waals surface area contributed by atoms with Gasteiger partial charge in [0.1, 0.15) is 11.2 Å². The minimum atomic E-state index is 0.623. The molecule has 4 aromatic heterocycles. The zero-order chi connectivity index (χ0) is 36.0. The van der Waals surface area contributed by atoms with E-state index in [-0.39, 0.29) is 0 Å². The Morgan fingerprint density at radius 2 is 0.927 bits per heavy atom. The molecule has 0 amide bonds. The number of furan rings is 1. The number of hydrogen-bond acceptors (Lipinski definition) is 3. The fourth-order valence-electron chi connectivity index (χ4n) is 8.68. The van der Waals surface area contributed by atoms with Crippen LogP contribution in [0.1, 0.15) is 0 Å². The Balaban J connectivity index is 1.10. The van der Waals surface area contributed by atoms with Gasteiger partial charge >= 0.3 is 0 Å². The molecule has 12 aromatic rings. The van der Waals surface area contributed by atoms with E-state index in [1.807, 2.05) is 24.3 Å². The van der Waals surface area contributed by atoms with Gasteiger partial charge in [0, 0.05) is 43.6 Å².